The summed E-state index contributed by atoms with van der Waals surface area (Å²) in [5.41, 5.74) is 3.71. The van der Waals surface area contributed by atoms with Crippen molar-refractivity contribution < 1.29 is 23.9 Å². The maximum absolute atomic E-state index is 12.7. The van der Waals surface area contributed by atoms with Gasteiger partial charge in [0.2, 0.25) is 5.78 Å². The molecule has 0 aliphatic heterocycles. The molecule has 0 aliphatic carbocycles. The molecule has 0 amide bonds. The number of H-pyrrole nitrogens is 1. The number of Topliss-reactive ketones (excluding diaryl/α,β-unsaturated/α-hetero) is 2. The van der Waals surface area contributed by atoms with E-state index in [1.807, 2.05) is 19.1 Å². The van der Waals surface area contributed by atoms with Gasteiger partial charge in [0.25, 0.3) is 0 Å². The highest BCUT2D eigenvalue weighted by Crippen LogP contribution is 2.22. The number of aromatic nitrogens is 1. The van der Waals surface area contributed by atoms with E-state index in [9.17, 15) is 14.4 Å². The van der Waals surface area contributed by atoms with Crippen LogP contribution in [0.2, 0.25) is 0 Å². The van der Waals surface area contributed by atoms with Crippen LogP contribution in [-0.4, -0.2) is 35.7 Å². The molecule has 1 N–H and O–H groups in total. The fourth-order valence-corrected chi connectivity index (χ4v) is 3.22. The van der Waals surface area contributed by atoms with Crippen LogP contribution in [0.3, 0.4) is 0 Å². The van der Waals surface area contributed by atoms with Crippen LogP contribution in [0.4, 0.5) is 0 Å². The lowest BCUT2D eigenvalue weighted by molar-refractivity contribution is -0.145. The molecule has 0 spiro atoms. The van der Waals surface area contributed by atoms with Crippen LogP contribution in [0.1, 0.15) is 57.1 Å². The van der Waals surface area contributed by atoms with Gasteiger partial charge < -0.3 is 14.5 Å². The summed E-state index contributed by atoms with van der Waals surface area (Å²) in [6.07, 6.45) is -0.964. The minimum absolute atomic E-state index is 0.00387. The SMILES string of the molecule is COc1ccc(C)cc1CC(=O)O[C@@H](C)C(=O)c1[nH]c(C)c(C(C)=O)c1C. The van der Waals surface area contributed by atoms with E-state index in [1.54, 1.807) is 19.9 Å². The molecule has 0 unspecified atom stereocenters. The molecular weight excluding hydrogens is 346 g/mol. The smallest absolute Gasteiger partial charge is 0.311 e. The van der Waals surface area contributed by atoms with Crippen LogP contribution in [0, 0.1) is 20.8 Å². The first-order chi connectivity index (χ1) is 12.6. The topological polar surface area (TPSA) is 85.5 Å². The predicted octanol–water partition coefficient (Wildman–Crippen LogP) is 3.51. The number of carbonyl (C=O) groups is 3. The minimum atomic E-state index is -0.968. The molecule has 6 heteroatoms. The van der Waals surface area contributed by atoms with E-state index in [-0.39, 0.29) is 18.0 Å². The Morgan fingerprint density at radius 1 is 1.15 bits per heavy atom. The second-order valence-corrected chi connectivity index (χ2v) is 6.67. The molecule has 144 valence electrons. The fraction of sp³-hybridized carbons (Fsp3) is 0.381. The van der Waals surface area contributed by atoms with Crippen molar-refractivity contribution in [2.24, 2.45) is 0 Å². The first-order valence-corrected chi connectivity index (χ1v) is 8.73. The van der Waals surface area contributed by atoms with Gasteiger partial charge in [0.1, 0.15) is 5.75 Å². The molecule has 1 heterocycles. The third kappa shape index (κ3) is 4.45. The van der Waals surface area contributed by atoms with Crippen molar-refractivity contribution >= 4 is 17.5 Å². The van der Waals surface area contributed by atoms with Gasteiger partial charge in [-0.25, -0.2) is 0 Å². The molecule has 0 radical (unpaired) electrons. The van der Waals surface area contributed by atoms with Crippen LogP contribution >= 0.6 is 0 Å². The molecule has 0 saturated heterocycles. The molecule has 6 nitrogen and oxygen atoms in total. The zero-order chi connectivity index (χ0) is 20.3. The van der Waals surface area contributed by atoms with Gasteiger partial charge >= 0.3 is 5.97 Å². The van der Waals surface area contributed by atoms with Crippen LogP contribution in [0.15, 0.2) is 18.2 Å². The average Bonchev–Trinajstić information content (AvgIpc) is 2.88. The van der Waals surface area contributed by atoms with Crippen molar-refractivity contribution in [1.82, 2.24) is 4.98 Å². The second kappa shape index (κ2) is 8.20. The Morgan fingerprint density at radius 2 is 1.81 bits per heavy atom. The van der Waals surface area contributed by atoms with Crippen LogP contribution in [-0.2, 0) is 16.0 Å². The lowest BCUT2D eigenvalue weighted by atomic mass is 10.0. The Hall–Kier alpha value is -2.89. The maximum Gasteiger partial charge on any atom is 0.311 e. The number of benzene rings is 1. The summed E-state index contributed by atoms with van der Waals surface area (Å²) in [6.45, 7) is 8.34. The number of nitrogens with one attached hydrogen (secondary N) is 1. The van der Waals surface area contributed by atoms with E-state index < -0.39 is 12.1 Å². The number of aryl methyl sites for hydroxylation is 2. The lowest BCUT2D eigenvalue weighted by Crippen LogP contribution is -2.26. The molecule has 1 aromatic heterocycles. The number of rotatable bonds is 7. The molecule has 1 aromatic carbocycles. The lowest BCUT2D eigenvalue weighted by Gasteiger charge is -2.14. The second-order valence-electron chi connectivity index (χ2n) is 6.67. The number of carbonyl (C=O) groups excluding carboxylic acids is 3. The number of hydrogen-bond donors (Lipinski definition) is 1. The number of aromatic amines is 1. The van der Waals surface area contributed by atoms with Crippen molar-refractivity contribution in [2.75, 3.05) is 7.11 Å². The zero-order valence-corrected chi connectivity index (χ0v) is 16.6. The van der Waals surface area contributed by atoms with E-state index in [0.29, 0.717) is 33.8 Å². The van der Waals surface area contributed by atoms with Crippen LogP contribution in [0.25, 0.3) is 0 Å². The number of ether oxygens (including phenoxy) is 2. The van der Waals surface area contributed by atoms with Gasteiger partial charge in [-0.2, -0.15) is 0 Å². The summed E-state index contributed by atoms with van der Waals surface area (Å²) in [5, 5.41) is 0. The molecule has 0 aliphatic rings. The first-order valence-electron chi connectivity index (χ1n) is 8.73. The van der Waals surface area contributed by atoms with E-state index in [0.717, 1.165) is 5.56 Å². The van der Waals surface area contributed by atoms with Crippen LogP contribution in [0.5, 0.6) is 5.75 Å². The minimum Gasteiger partial charge on any atom is -0.496 e. The van der Waals surface area contributed by atoms with Gasteiger partial charge in [-0.15, -0.1) is 0 Å². The highest BCUT2D eigenvalue weighted by molar-refractivity contribution is 6.05. The summed E-state index contributed by atoms with van der Waals surface area (Å²) in [4.78, 5) is 39.7. The molecule has 0 bridgehead atoms. The molecule has 0 saturated carbocycles. The van der Waals surface area contributed by atoms with Crippen molar-refractivity contribution in [3.05, 3.63) is 51.8 Å². The number of hydrogen-bond acceptors (Lipinski definition) is 5. The van der Waals surface area contributed by atoms with Crippen molar-refractivity contribution in [3.63, 3.8) is 0 Å². The summed E-state index contributed by atoms with van der Waals surface area (Å²) in [6, 6.07) is 5.54. The highest BCUT2D eigenvalue weighted by Gasteiger charge is 2.26. The van der Waals surface area contributed by atoms with Gasteiger partial charge in [-0.05, 0) is 46.2 Å². The van der Waals surface area contributed by atoms with Crippen molar-refractivity contribution in [3.8, 4) is 5.75 Å². The largest absolute Gasteiger partial charge is 0.496 e. The van der Waals surface area contributed by atoms with Gasteiger partial charge in [0.05, 0.1) is 19.2 Å². The van der Waals surface area contributed by atoms with Gasteiger partial charge in [-0.3, -0.25) is 14.4 Å². The Kier molecular flexibility index (Phi) is 6.20. The van der Waals surface area contributed by atoms with Crippen molar-refractivity contribution in [1.29, 1.82) is 0 Å². The van der Waals surface area contributed by atoms with E-state index >= 15 is 0 Å². The normalized spacial score (nSPS) is 11.8. The number of esters is 1. The molecule has 2 rings (SSSR count). The molecule has 1 atom stereocenters. The summed E-state index contributed by atoms with van der Waals surface area (Å²) in [7, 11) is 1.54. The van der Waals surface area contributed by atoms with E-state index in [4.69, 9.17) is 9.47 Å². The van der Waals surface area contributed by atoms with Crippen molar-refractivity contribution in [2.45, 2.75) is 47.1 Å². The number of methoxy groups -OCH3 is 1. The summed E-state index contributed by atoms with van der Waals surface area (Å²) in [5.74, 6) is -0.407. The van der Waals surface area contributed by atoms with Crippen LogP contribution < -0.4 is 4.74 Å². The highest BCUT2D eigenvalue weighted by atomic mass is 16.5. The predicted molar refractivity (Wildman–Crippen MR) is 102 cm³/mol. The van der Waals surface area contributed by atoms with Gasteiger partial charge in [0.15, 0.2) is 11.9 Å². The Bertz CT molecular complexity index is 894. The monoisotopic (exact) mass is 371 g/mol. The molecule has 27 heavy (non-hydrogen) atoms. The third-order valence-electron chi connectivity index (χ3n) is 4.48. The number of ketones is 2. The van der Waals surface area contributed by atoms with Gasteiger partial charge in [0, 0.05) is 16.8 Å². The molecule has 2 aromatic rings. The summed E-state index contributed by atoms with van der Waals surface area (Å²) >= 11 is 0. The van der Waals surface area contributed by atoms with Gasteiger partial charge in [-0.1, -0.05) is 17.7 Å². The Balaban J connectivity index is 2.13. The average molecular weight is 371 g/mol. The standard InChI is InChI=1S/C21H25NO5/c1-11-7-8-17(26-6)16(9-11)10-18(24)27-15(5)21(25)20-12(2)19(14(4)23)13(3)22-20/h7-9,15,22H,10H2,1-6H3/t15-/m0/s1. The maximum atomic E-state index is 12.7. The fourth-order valence-electron chi connectivity index (χ4n) is 3.22. The Labute approximate surface area is 158 Å². The van der Waals surface area contributed by atoms with E-state index in [1.165, 1.54) is 21.0 Å². The quantitative estimate of drug-likeness (QED) is 0.595. The zero-order valence-electron chi connectivity index (χ0n) is 16.6. The summed E-state index contributed by atoms with van der Waals surface area (Å²) < 4.78 is 10.6. The first kappa shape index (κ1) is 20.4. The van der Waals surface area contributed by atoms with E-state index in [2.05, 4.69) is 4.98 Å². The third-order valence-corrected chi connectivity index (χ3v) is 4.48. The molecule has 0 fully saturated rings. The Morgan fingerprint density at radius 3 is 2.37 bits per heavy atom. The molecular formula is C21H25NO5.